The minimum absolute atomic E-state index is 0.142. The van der Waals surface area contributed by atoms with Crippen molar-refractivity contribution in [3.63, 3.8) is 0 Å². The number of urea groups is 1. The average molecular weight is 285 g/mol. The molecule has 0 aromatic heterocycles. The number of nitrogens with one attached hydrogen (secondary N) is 2. The van der Waals surface area contributed by atoms with Gasteiger partial charge in [0.15, 0.2) is 0 Å². The number of carbonyl (C=O) groups is 3. The van der Waals surface area contributed by atoms with Crippen molar-refractivity contribution < 1.29 is 19.5 Å². The molecule has 114 valence electrons. The standard InChI is InChI=1S/C13H23N3O4/c1-9(12(18)19)5-3-7-15-13(20)16-8-4-6-10(16)11(17)14-2/h9-10H,3-8H2,1-2H3,(H,14,17)(H,15,20)(H,18,19). The van der Waals surface area contributed by atoms with E-state index in [9.17, 15) is 14.4 Å². The quantitative estimate of drug-likeness (QED) is 0.615. The zero-order valence-corrected chi connectivity index (χ0v) is 12.0. The molecular weight excluding hydrogens is 262 g/mol. The Balaban J connectivity index is 2.32. The van der Waals surface area contributed by atoms with Crippen LogP contribution in [0.15, 0.2) is 0 Å². The summed E-state index contributed by atoms with van der Waals surface area (Å²) in [5.74, 6) is -1.37. The van der Waals surface area contributed by atoms with Crippen LogP contribution in [0.2, 0.25) is 0 Å². The Labute approximate surface area is 118 Å². The van der Waals surface area contributed by atoms with Gasteiger partial charge in [0, 0.05) is 20.1 Å². The Morgan fingerprint density at radius 3 is 2.70 bits per heavy atom. The van der Waals surface area contributed by atoms with Crippen LogP contribution in [0.1, 0.15) is 32.6 Å². The second kappa shape index (κ2) is 7.72. The summed E-state index contributed by atoms with van der Waals surface area (Å²) in [6, 6.07) is -0.642. The molecule has 1 aliphatic rings. The molecule has 0 radical (unpaired) electrons. The topological polar surface area (TPSA) is 98.7 Å². The molecule has 0 aromatic rings. The SMILES string of the molecule is CNC(=O)C1CCCN1C(=O)NCCCC(C)C(=O)O. The van der Waals surface area contributed by atoms with Crippen molar-refractivity contribution in [1.29, 1.82) is 0 Å². The highest BCUT2D eigenvalue weighted by Gasteiger charge is 2.33. The van der Waals surface area contributed by atoms with E-state index in [2.05, 4.69) is 10.6 Å². The van der Waals surface area contributed by atoms with Crippen molar-refractivity contribution in [3.05, 3.63) is 0 Å². The van der Waals surface area contributed by atoms with E-state index in [1.165, 1.54) is 0 Å². The Morgan fingerprint density at radius 1 is 1.40 bits per heavy atom. The van der Waals surface area contributed by atoms with Gasteiger partial charge in [-0.15, -0.1) is 0 Å². The van der Waals surface area contributed by atoms with Gasteiger partial charge in [-0.3, -0.25) is 9.59 Å². The minimum atomic E-state index is -0.824. The van der Waals surface area contributed by atoms with Crippen LogP contribution in [-0.2, 0) is 9.59 Å². The van der Waals surface area contributed by atoms with E-state index in [1.807, 2.05) is 0 Å². The molecule has 20 heavy (non-hydrogen) atoms. The summed E-state index contributed by atoms with van der Waals surface area (Å²) in [5, 5.41) is 14.0. The third kappa shape index (κ3) is 4.40. The number of carboxylic acid groups (broad SMARTS) is 1. The lowest BCUT2D eigenvalue weighted by atomic mass is 10.1. The van der Waals surface area contributed by atoms with Gasteiger partial charge in [0.1, 0.15) is 6.04 Å². The molecule has 1 fully saturated rings. The Morgan fingerprint density at radius 2 is 2.10 bits per heavy atom. The number of likely N-dealkylation sites (N-methyl/N-ethyl adjacent to an activating group) is 1. The first-order valence-corrected chi connectivity index (χ1v) is 6.96. The lowest BCUT2D eigenvalue weighted by Crippen LogP contribution is -2.49. The number of carbonyl (C=O) groups excluding carboxylic acids is 2. The van der Waals surface area contributed by atoms with E-state index in [0.717, 1.165) is 6.42 Å². The molecular formula is C13H23N3O4. The van der Waals surface area contributed by atoms with Crippen LogP contribution in [0, 0.1) is 5.92 Å². The fourth-order valence-corrected chi connectivity index (χ4v) is 2.28. The lowest BCUT2D eigenvalue weighted by molar-refractivity contribution is -0.141. The van der Waals surface area contributed by atoms with Gasteiger partial charge in [0.2, 0.25) is 5.91 Å². The normalized spacial score (nSPS) is 19.5. The molecule has 0 bridgehead atoms. The molecule has 0 spiro atoms. The fraction of sp³-hybridized carbons (Fsp3) is 0.769. The van der Waals surface area contributed by atoms with Crippen LogP contribution in [0.25, 0.3) is 0 Å². The van der Waals surface area contributed by atoms with Crippen LogP contribution >= 0.6 is 0 Å². The highest BCUT2D eigenvalue weighted by molar-refractivity contribution is 5.87. The van der Waals surface area contributed by atoms with Crippen molar-refractivity contribution in [2.24, 2.45) is 5.92 Å². The van der Waals surface area contributed by atoms with E-state index in [4.69, 9.17) is 5.11 Å². The highest BCUT2D eigenvalue weighted by Crippen LogP contribution is 2.17. The number of likely N-dealkylation sites (tertiary alicyclic amines) is 1. The van der Waals surface area contributed by atoms with E-state index < -0.39 is 17.9 Å². The molecule has 3 amide bonds. The summed E-state index contributed by atoms with van der Waals surface area (Å²) < 4.78 is 0. The number of rotatable bonds is 6. The predicted molar refractivity (Wildman–Crippen MR) is 73.2 cm³/mol. The van der Waals surface area contributed by atoms with Crippen LogP contribution < -0.4 is 10.6 Å². The minimum Gasteiger partial charge on any atom is -0.481 e. The first-order valence-electron chi connectivity index (χ1n) is 6.96. The van der Waals surface area contributed by atoms with Gasteiger partial charge in [-0.1, -0.05) is 6.92 Å². The zero-order chi connectivity index (χ0) is 15.1. The summed E-state index contributed by atoms with van der Waals surface area (Å²) in [6.07, 6.45) is 2.64. The molecule has 7 nitrogen and oxygen atoms in total. The first kappa shape index (κ1) is 16.3. The molecule has 2 unspecified atom stereocenters. The van der Waals surface area contributed by atoms with Crippen molar-refractivity contribution >= 4 is 17.9 Å². The van der Waals surface area contributed by atoms with Gasteiger partial charge in [-0.05, 0) is 25.7 Å². The lowest BCUT2D eigenvalue weighted by Gasteiger charge is -2.23. The van der Waals surface area contributed by atoms with Gasteiger partial charge >= 0.3 is 12.0 Å². The van der Waals surface area contributed by atoms with Gasteiger partial charge < -0.3 is 20.6 Å². The Bertz CT molecular complexity index is 373. The van der Waals surface area contributed by atoms with Crippen LogP contribution in [0.5, 0.6) is 0 Å². The number of nitrogens with zero attached hydrogens (tertiary/aromatic N) is 1. The average Bonchev–Trinajstić information content (AvgIpc) is 2.91. The zero-order valence-electron chi connectivity index (χ0n) is 12.0. The maximum atomic E-state index is 12.0. The number of aliphatic carboxylic acids is 1. The van der Waals surface area contributed by atoms with Crippen LogP contribution in [0.4, 0.5) is 4.79 Å². The maximum absolute atomic E-state index is 12.0. The smallest absolute Gasteiger partial charge is 0.318 e. The summed E-state index contributed by atoms with van der Waals surface area (Å²) in [5.41, 5.74) is 0. The Hall–Kier alpha value is -1.79. The number of hydrogen-bond acceptors (Lipinski definition) is 3. The van der Waals surface area contributed by atoms with Gasteiger partial charge in [0.25, 0.3) is 0 Å². The summed E-state index contributed by atoms with van der Waals surface area (Å²) >= 11 is 0. The van der Waals surface area contributed by atoms with Crippen molar-refractivity contribution in [2.45, 2.75) is 38.6 Å². The number of amides is 3. The predicted octanol–water partition coefficient (Wildman–Crippen LogP) is 0.407. The highest BCUT2D eigenvalue weighted by atomic mass is 16.4. The van der Waals surface area contributed by atoms with Gasteiger partial charge in [-0.25, -0.2) is 4.79 Å². The fourth-order valence-electron chi connectivity index (χ4n) is 2.28. The first-order chi connectivity index (χ1) is 9.47. The molecule has 1 saturated heterocycles. The second-order valence-corrected chi connectivity index (χ2v) is 5.08. The largest absolute Gasteiger partial charge is 0.481 e. The van der Waals surface area contributed by atoms with Crippen LogP contribution in [0.3, 0.4) is 0 Å². The van der Waals surface area contributed by atoms with E-state index in [-0.39, 0.29) is 11.9 Å². The van der Waals surface area contributed by atoms with Crippen molar-refractivity contribution in [2.75, 3.05) is 20.1 Å². The number of carboxylic acids is 1. The molecule has 1 rings (SSSR count). The third-order valence-corrected chi connectivity index (χ3v) is 3.57. The summed E-state index contributed by atoms with van der Waals surface area (Å²) in [7, 11) is 1.56. The number of hydrogen-bond donors (Lipinski definition) is 3. The summed E-state index contributed by atoms with van der Waals surface area (Å²) in [4.78, 5) is 35.8. The molecule has 0 saturated carbocycles. The van der Waals surface area contributed by atoms with Crippen molar-refractivity contribution in [1.82, 2.24) is 15.5 Å². The monoisotopic (exact) mass is 285 g/mol. The van der Waals surface area contributed by atoms with Crippen LogP contribution in [-0.4, -0.2) is 54.1 Å². The van der Waals surface area contributed by atoms with E-state index in [1.54, 1.807) is 18.9 Å². The van der Waals surface area contributed by atoms with E-state index in [0.29, 0.717) is 32.4 Å². The molecule has 3 N–H and O–H groups in total. The Kier molecular flexibility index (Phi) is 6.27. The molecule has 1 aliphatic heterocycles. The molecule has 0 aromatic carbocycles. The maximum Gasteiger partial charge on any atom is 0.318 e. The summed E-state index contributed by atoms with van der Waals surface area (Å²) in [6.45, 7) is 2.65. The second-order valence-electron chi connectivity index (χ2n) is 5.08. The van der Waals surface area contributed by atoms with Crippen molar-refractivity contribution in [3.8, 4) is 0 Å². The van der Waals surface area contributed by atoms with Gasteiger partial charge in [-0.2, -0.15) is 0 Å². The molecule has 1 heterocycles. The third-order valence-electron chi connectivity index (χ3n) is 3.57. The van der Waals surface area contributed by atoms with Gasteiger partial charge in [0.05, 0.1) is 5.92 Å². The van der Waals surface area contributed by atoms with E-state index >= 15 is 0 Å². The molecule has 0 aliphatic carbocycles. The molecule has 2 atom stereocenters. The molecule has 7 heteroatoms.